The minimum atomic E-state index is -5.95. The zero-order valence-electron chi connectivity index (χ0n) is 21.2. The van der Waals surface area contributed by atoms with Crippen molar-refractivity contribution in [3.63, 3.8) is 0 Å². The molecule has 4 N–H and O–H groups in total. The van der Waals surface area contributed by atoms with Crippen molar-refractivity contribution < 1.29 is 46.8 Å². The summed E-state index contributed by atoms with van der Waals surface area (Å²) in [6.45, 7) is 7.78. The molecular weight excluding hydrogens is 502 g/mol. The van der Waals surface area contributed by atoms with Gasteiger partial charge >= 0.3 is 12.4 Å². The molecule has 0 amide bonds. The van der Waals surface area contributed by atoms with E-state index >= 15 is 0 Å². The fraction of sp³-hybridized carbons (Fsp3) is 0.778. The number of halogens is 6. The van der Waals surface area contributed by atoms with Gasteiger partial charge in [0.2, 0.25) is 0 Å². The Labute approximate surface area is 213 Å². The maximum atomic E-state index is 13.1. The Bertz CT molecular complexity index is 894. The van der Waals surface area contributed by atoms with E-state index in [-0.39, 0.29) is 36.0 Å². The van der Waals surface area contributed by atoms with E-state index in [0.717, 1.165) is 37.7 Å². The molecule has 3 saturated carbocycles. The van der Waals surface area contributed by atoms with Crippen LogP contribution < -0.4 is 0 Å². The molecule has 0 bridgehead atoms. The zero-order chi connectivity index (χ0) is 28.0. The SMILES string of the molecule is C=C1/C(=C\C=C2CCC[C@@]3(C)C2CC[C@@H]3[C@H](C)C[C@H](O)CC(O)(C(F)(F)F)C(F)(F)F)C[C@@H](O)C[C@H]1O. The first-order valence-electron chi connectivity index (χ1n) is 12.9. The lowest BCUT2D eigenvalue weighted by Crippen LogP contribution is -2.58. The third kappa shape index (κ3) is 5.97. The van der Waals surface area contributed by atoms with Crippen molar-refractivity contribution in [1.82, 2.24) is 0 Å². The summed E-state index contributed by atoms with van der Waals surface area (Å²) in [6, 6.07) is 0. The molecule has 4 nitrogen and oxygen atoms in total. The van der Waals surface area contributed by atoms with Crippen LogP contribution in [0.25, 0.3) is 0 Å². The molecule has 212 valence electrons. The van der Waals surface area contributed by atoms with Crippen LogP contribution in [-0.2, 0) is 0 Å². The topological polar surface area (TPSA) is 80.9 Å². The van der Waals surface area contributed by atoms with Gasteiger partial charge in [-0.25, -0.2) is 0 Å². The minimum Gasteiger partial charge on any atom is -0.393 e. The number of hydrogen-bond donors (Lipinski definition) is 4. The smallest absolute Gasteiger partial charge is 0.393 e. The van der Waals surface area contributed by atoms with Gasteiger partial charge in [0.25, 0.3) is 5.60 Å². The molecule has 10 heteroatoms. The highest BCUT2D eigenvalue weighted by Crippen LogP contribution is 2.60. The van der Waals surface area contributed by atoms with Crippen molar-refractivity contribution in [2.45, 2.75) is 108 Å². The molecule has 7 atom stereocenters. The first-order chi connectivity index (χ1) is 16.9. The van der Waals surface area contributed by atoms with Gasteiger partial charge < -0.3 is 20.4 Å². The number of aliphatic hydroxyl groups is 4. The van der Waals surface area contributed by atoms with E-state index in [2.05, 4.69) is 13.5 Å². The van der Waals surface area contributed by atoms with Crippen molar-refractivity contribution in [3.8, 4) is 0 Å². The van der Waals surface area contributed by atoms with Crippen LogP contribution in [0.4, 0.5) is 26.3 Å². The van der Waals surface area contributed by atoms with E-state index < -0.39 is 42.7 Å². The third-order valence-electron chi connectivity index (χ3n) is 9.10. The summed E-state index contributed by atoms with van der Waals surface area (Å²) in [5, 5.41) is 39.8. The van der Waals surface area contributed by atoms with Crippen molar-refractivity contribution >= 4 is 0 Å². The van der Waals surface area contributed by atoms with Gasteiger partial charge in [-0.2, -0.15) is 26.3 Å². The van der Waals surface area contributed by atoms with E-state index in [0.29, 0.717) is 12.0 Å². The highest BCUT2D eigenvalue weighted by Gasteiger charge is 2.70. The standard InChI is InChI=1S/C27H38F6O4/c1-15(11-20(35)14-25(37,26(28,29)30)27(31,32)33)21-8-9-22-17(5-4-10-24(21,22)3)6-7-18-12-19(34)13-23(36)16(18)2/h6-7,15,19-23,34-37H,2,4-5,8-14H2,1,3H3/b17-6?,18-7-/t15-,19-,20+,21-,22?,23-,24-/m1/s1. The predicted molar refractivity (Wildman–Crippen MR) is 126 cm³/mol. The summed E-state index contributed by atoms with van der Waals surface area (Å²) in [6.07, 6.45) is -8.72. The second-order valence-electron chi connectivity index (χ2n) is 11.6. The number of allylic oxidation sites excluding steroid dienone is 3. The summed E-state index contributed by atoms with van der Waals surface area (Å²) >= 11 is 0. The highest BCUT2D eigenvalue weighted by atomic mass is 19.4. The Balaban J connectivity index is 1.73. The monoisotopic (exact) mass is 540 g/mol. The summed E-state index contributed by atoms with van der Waals surface area (Å²) in [7, 11) is 0. The lowest BCUT2D eigenvalue weighted by molar-refractivity contribution is -0.374. The fourth-order valence-electron chi connectivity index (χ4n) is 7.09. The Morgan fingerprint density at radius 3 is 2.30 bits per heavy atom. The second kappa shape index (κ2) is 10.7. The molecule has 1 unspecified atom stereocenters. The maximum absolute atomic E-state index is 13.1. The summed E-state index contributed by atoms with van der Waals surface area (Å²) in [5.74, 6) is -0.185. The average Bonchev–Trinajstić information content (AvgIpc) is 3.11. The fourth-order valence-corrected chi connectivity index (χ4v) is 7.09. The van der Waals surface area contributed by atoms with E-state index in [9.17, 15) is 46.8 Å². The minimum absolute atomic E-state index is 0.0124. The first kappa shape index (κ1) is 30.2. The number of rotatable bonds is 6. The van der Waals surface area contributed by atoms with Gasteiger partial charge in [-0.3, -0.25) is 0 Å². The molecule has 3 fully saturated rings. The van der Waals surface area contributed by atoms with Crippen molar-refractivity contribution in [2.75, 3.05) is 0 Å². The number of alkyl halides is 6. The van der Waals surface area contributed by atoms with Crippen LogP contribution in [-0.4, -0.2) is 56.7 Å². The van der Waals surface area contributed by atoms with E-state index in [4.69, 9.17) is 0 Å². The molecule has 0 saturated heterocycles. The molecule has 37 heavy (non-hydrogen) atoms. The van der Waals surface area contributed by atoms with Crippen LogP contribution in [0.1, 0.15) is 71.6 Å². The van der Waals surface area contributed by atoms with Crippen molar-refractivity contribution in [2.24, 2.45) is 23.2 Å². The van der Waals surface area contributed by atoms with Crippen molar-refractivity contribution in [1.29, 1.82) is 0 Å². The first-order valence-corrected chi connectivity index (χ1v) is 12.9. The molecule has 0 spiro atoms. The molecule has 0 aromatic carbocycles. The number of aliphatic hydroxyl groups excluding tert-OH is 3. The Morgan fingerprint density at radius 2 is 1.70 bits per heavy atom. The third-order valence-corrected chi connectivity index (χ3v) is 9.10. The van der Waals surface area contributed by atoms with Gasteiger partial charge in [-0.15, -0.1) is 0 Å². The molecule has 3 rings (SSSR count). The summed E-state index contributed by atoms with van der Waals surface area (Å²) < 4.78 is 78.4. The lowest BCUT2D eigenvalue weighted by atomic mass is 9.60. The zero-order valence-corrected chi connectivity index (χ0v) is 21.2. The molecule has 0 heterocycles. The molecule has 3 aliphatic carbocycles. The van der Waals surface area contributed by atoms with Gasteiger partial charge in [0, 0.05) is 12.8 Å². The van der Waals surface area contributed by atoms with Crippen LogP contribution in [0.5, 0.6) is 0 Å². The van der Waals surface area contributed by atoms with E-state index in [1.165, 1.54) is 5.57 Å². The summed E-state index contributed by atoms with van der Waals surface area (Å²) in [4.78, 5) is 0. The van der Waals surface area contributed by atoms with Crippen LogP contribution >= 0.6 is 0 Å². The predicted octanol–water partition coefficient (Wildman–Crippen LogP) is 5.76. The average molecular weight is 541 g/mol. The van der Waals surface area contributed by atoms with Gasteiger partial charge in [-0.05, 0) is 79.3 Å². The maximum Gasteiger partial charge on any atom is 0.426 e. The Morgan fingerprint density at radius 1 is 1.08 bits per heavy atom. The lowest BCUT2D eigenvalue weighted by Gasteiger charge is -2.45. The quantitative estimate of drug-likeness (QED) is 0.323. The van der Waals surface area contributed by atoms with Gasteiger partial charge in [0.15, 0.2) is 0 Å². The molecular formula is C27H38F6O4. The number of fused-ring (bicyclic) bond motifs is 1. The molecule has 3 aliphatic rings. The van der Waals surface area contributed by atoms with E-state index in [1.807, 2.05) is 12.2 Å². The Kier molecular flexibility index (Phi) is 8.70. The van der Waals surface area contributed by atoms with Gasteiger partial charge in [0.05, 0.1) is 18.3 Å². The normalized spacial score (nSPS) is 35.6. The molecule has 0 aromatic heterocycles. The number of hydrogen-bond acceptors (Lipinski definition) is 4. The van der Waals surface area contributed by atoms with Crippen LogP contribution in [0.3, 0.4) is 0 Å². The Hall–Kier alpha value is -1.36. The van der Waals surface area contributed by atoms with Gasteiger partial charge in [-0.1, -0.05) is 38.2 Å². The van der Waals surface area contributed by atoms with Crippen molar-refractivity contribution in [3.05, 3.63) is 35.5 Å². The summed E-state index contributed by atoms with van der Waals surface area (Å²) in [5.41, 5.74) is -2.61. The van der Waals surface area contributed by atoms with E-state index in [1.54, 1.807) is 6.92 Å². The molecule has 0 aromatic rings. The largest absolute Gasteiger partial charge is 0.426 e. The highest BCUT2D eigenvalue weighted by molar-refractivity contribution is 5.38. The van der Waals surface area contributed by atoms with Crippen LogP contribution in [0.2, 0.25) is 0 Å². The van der Waals surface area contributed by atoms with Crippen LogP contribution in [0.15, 0.2) is 35.5 Å². The second-order valence-corrected chi connectivity index (χ2v) is 11.6. The molecule has 0 radical (unpaired) electrons. The van der Waals surface area contributed by atoms with Gasteiger partial charge in [0.1, 0.15) is 0 Å². The van der Waals surface area contributed by atoms with Crippen LogP contribution in [0, 0.1) is 23.2 Å². The molecule has 0 aliphatic heterocycles.